The van der Waals surface area contributed by atoms with Gasteiger partial charge in [-0.3, -0.25) is 10.1 Å². The van der Waals surface area contributed by atoms with E-state index in [0.29, 0.717) is 12.3 Å². The van der Waals surface area contributed by atoms with Crippen LogP contribution in [0.25, 0.3) is 0 Å². The second kappa shape index (κ2) is 4.47. The van der Waals surface area contributed by atoms with E-state index in [4.69, 9.17) is 4.52 Å². The van der Waals surface area contributed by atoms with Gasteiger partial charge >= 0.3 is 0 Å². The molecule has 1 amide bonds. The maximum atomic E-state index is 11.1. The lowest BCUT2D eigenvalue weighted by Gasteiger charge is -2.14. The van der Waals surface area contributed by atoms with Crippen LogP contribution in [-0.2, 0) is 11.2 Å². The largest absolute Gasteiger partial charge is 0.338 e. The lowest BCUT2D eigenvalue weighted by Crippen LogP contribution is -2.09. The molecule has 0 bridgehead atoms. The zero-order chi connectivity index (χ0) is 11.5. The van der Waals surface area contributed by atoms with Gasteiger partial charge in [-0.2, -0.15) is 0 Å². The standard InChI is InChI=1S/C11H18N2O2/c1-5-9(14)12-10-6-8(13-15-10)7-11(2,3)4/h6H,5,7H2,1-4H3,(H,12,14). The zero-order valence-electron chi connectivity index (χ0n) is 9.76. The van der Waals surface area contributed by atoms with Gasteiger partial charge in [-0.25, -0.2) is 0 Å². The number of rotatable bonds is 3. The van der Waals surface area contributed by atoms with E-state index in [2.05, 4.69) is 31.2 Å². The van der Waals surface area contributed by atoms with E-state index in [1.165, 1.54) is 0 Å². The van der Waals surface area contributed by atoms with Crippen LogP contribution in [0.3, 0.4) is 0 Å². The highest BCUT2D eigenvalue weighted by Crippen LogP contribution is 2.21. The second-order valence-corrected chi connectivity index (χ2v) is 4.82. The molecule has 84 valence electrons. The highest BCUT2D eigenvalue weighted by molar-refractivity contribution is 5.88. The molecule has 1 rings (SSSR count). The molecule has 0 unspecified atom stereocenters. The van der Waals surface area contributed by atoms with Crippen molar-refractivity contribution < 1.29 is 9.32 Å². The van der Waals surface area contributed by atoms with Crippen molar-refractivity contribution in [2.24, 2.45) is 5.41 Å². The minimum absolute atomic E-state index is 0.0616. The molecule has 4 heteroatoms. The Bertz CT molecular complexity index is 337. The molecule has 1 N–H and O–H groups in total. The summed E-state index contributed by atoms with van der Waals surface area (Å²) in [6.07, 6.45) is 1.27. The summed E-state index contributed by atoms with van der Waals surface area (Å²) in [7, 11) is 0. The average Bonchev–Trinajstić information content (AvgIpc) is 2.49. The first kappa shape index (κ1) is 11.8. The van der Waals surface area contributed by atoms with Crippen LogP contribution in [0.5, 0.6) is 0 Å². The van der Waals surface area contributed by atoms with Crippen LogP contribution in [0.1, 0.15) is 39.8 Å². The van der Waals surface area contributed by atoms with Crippen LogP contribution in [0.2, 0.25) is 0 Å². The fraction of sp³-hybridized carbons (Fsp3) is 0.636. The molecule has 1 aromatic rings. The monoisotopic (exact) mass is 210 g/mol. The van der Waals surface area contributed by atoms with E-state index in [9.17, 15) is 4.79 Å². The molecule has 0 aliphatic carbocycles. The molecular weight excluding hydrogens is 192 g/mol. The molecule has 1 heterocycles. The number of carbonyl (C=O) groups is 1. The third kappa shape index (κ3) is 4.14. The average molecular weight is 210 g/mol. The Kier molecular flexibility index (Phi) is 3.50. The SMILES string of the molecule is CCC(=O)Nc1cc(CC(C)(C)C)no1. The fourth-order valence-electron chi connectivity index (χ4n) is 1.22. The lowest BCUT2D eigenvalue weighted by molar-refractivity contribution is -0.116. The van der Waals surface area contributed by atoms with E-state index in [-0.39, 0.29) is 11.3 Å². The lowest BCUT2D eigenvalue weighted by atomic mass is 9.91. The van der Waals surface area contributed by atoms with Crippen molar-refractivity contribution in [2.45, 2.75) is 40.5 Å². The minimum Gasteiger partial charge on any atom is -0.338 e. The maximum Gasteiger partial charge on any atom is 0.231 e. The van der Waals surface area contributed by atoms with Gasteiger partial charge < -0.3 is 4.52 Å². The van der Waals surface area contributed by atoms with Gasteiger partial charge in [-0.15, -0.1) is 0 Å². The summed E-state index contributed by atoms with van der Waals surface area (Å²) in [5.41, 5.74) is 1.04. The van der Waals surface area contributed by atoms with Gasteiger partial charge in [0.05, 0.1) is 5.69 Å². The van der Waals surface area contributed by atoms with Gasteiger partial charge in [0.15, 0.2) is 0 Å². The number of nitrogens with zero attached hydrogens (tertiary/aromatic N) is 1. The highest BCUT2D eigenvalue weighted by atomic mass is 16.5. The molecule has 0 aliphatic rings. The summed E-state index contributed by atoms with van der Waals surface area (Å²) in [6, 6.07) is 1.78. The number of hydrogen-bond donors (Lipinski definition) is 1. The topological polar surface area (TPSA) is 55.1 Å². The van der Waals surface area contributed by atoms with Crippen LogP contribution in [0.15, 0.2) is 10.6 Å². The molecule has 15 heavy (non-hydrogen) atoms. The first-order valence-electron chi connectivity index (χ1n) is 5.16. The molecule has 4 nitrogen and oxygen atoms in total. The van der Waals surface area contributed by atoms with Crippen molar-refractivity contribution in [1.29, 1.82) is 0 Å². The van der Waals surface area contributed by atoms with E-state index in [0.717, 1.165) is 12.1 Å². The van der Waals surface area contributed by atoms with E-state index < -0.39 is 0 Å². The molecule has 0 saturated heterocycles. The number of hydrogen-bond acceptors (Lipinski definition) is 3. The Labute approximate surface area is 90.0 Å². The molecule has 1 aromatic heterocycles. The fourth-order valence-corrected chi connectivity index (χ4v) is 1.22. The predicted molar refractivity (Wildman–Crippen MR) is 58.6 cm³/mol. The summed E-state index contributed by atoms with van der Waals surface area (Å²) in [5, 5.41) is 6.53. The molecule has 0 spiro atoms. The summed E-state index contributed by atoms with van der Waals surface area (Å²) >= 11 is 0. The van der Waals surface area contributed by atoms with E-state index >= 15 is 0 Å². The number of amides is 1. The van der Waals surface area contributed by atoms with Crippen LogP contribution in [0, 0.1) is 5.41 Å². The Balaban J connectivity index is 2.60. The van der Waals surface area contributed by atoms with Gasteiger partial charge in [-0.1, -0.05) is 32.9 Å². The normalized spacial score (nSPS) is 11.5. The van der Waals surface area contributed by atoms with Crippen LogP contribution >= 0.6 is 0 Å². The molecule has 0 fully saturated rings. The quantitative estimate of drug-likeness (QED) is 0.834. The third-order valence-corrected chi connectivity index (χ3v) is 1.85. The molecule has 0 saturated carbocycles. The number of carbonyl (C=O) groups excluding carboxylic acids is 1. The molecule has 0 aliphatic heterocycles. The van der Waals surface area contributed by atoms with Crippen LogP contribution in [0.4, 0.5) is 5.88 Å². The minimum atomic E-state index is -0.0616. The van der Waals surface area contributed by atoms with Crippen molar-refractivity contribution >= 4 is 11.8 Å². The van der Waals surface area contributed by atoms with Crippen molar-refractivity contribution in [2.75, 3.05) is 5.32 Å². The summed E-state index contributed by atoms with van der Waals surface area (Å²) < 4.78 is 5.00. The third-order valence-electron chi connectivity index (χ3n) is 1.85. The molecular formula is C11H18N2O2. The van der Waals surface area contributed by atoms with Crippen molar-refractivity contribution in [3.63, 3.8) is 0 Å². The van der Waals surface area contributed by atoms with Crippen LogP contribution in [-0.4, -0.2) is 11.1 Å². The number of anilines is 1. The van der Waals surface area contributed by atoms with Gasteiger partial charge in [0.1, 0.15) is 0 Å². The zero-order valence-corrected chi connectivity index (χ0v) is 9.76. The van der Waals surface area contributed by atoms with Gasteiger partial charge in [0.25, 0.3) is 0 Å². The van der Waals surface area contributed by atoms with E-state index in [1.54, 1.807) is 13.0 Å². The highest BCUT2D eigenvalue weighted by Gasteiger charge is 2.15. The first-order chi connectivity index (χ1) is 6.90. The Morgan fingerprint density at radius 3 is 2.73 bits per heavy atom. The van der Waals surface area contributed by atoms with Crippen molar-refractivity contribution in [3.05, 3.63) is 11.8 Å². The molecule has 0 atom stereocenters. The second-order valence-electron chi connectivity index (χ2n) is 4.82. The molecule has 0 radical (unpaired) electrons. The predicted octanol–water partition coefficient (Wildman–Crippen LogP) is 2.61. The summed E-state index contributed by atoms with van der Waals surface area (Å²) in [4.78, 5) is 11.1. The molecule has 0 aromatic carbocycles. The van der Waals surface area contributed by atoms with Gasteiger partial charge in [0.2, 0.25) is 11.8 Å². The first-order valence-corrected chi connectivity index (χ1v) is 5.16. The van der Waals surface area contributed by atoms with Crippen molar-refractivity contribution in [3.8, 4) is 0 Å². The summed E-state index contributed by atoms with van der Waals surface area (Å²) in [5.74, 6) is 0.370. The van der Waals surface area contributed by atoms with Gasteiger partial charge in [0, 0.05) is 12.5 Å². The van der Waals surface area contributed by atoms with E-state index in [1.807, 2.05) is 0 Å². The van der Waals surface area contributed by atoms with Crippen molar-refractivity contribution in [1.82, 2.24) is 5.16 Å². The van der Waals surface area contributed by atoms with Crippen LogP contribution < -0.4 is 5.32 Å². The number of nitrogens with one attached hydrogen (secondary N) is 1. The Hall–Kier alpha value is -1.32. The summed E-state index contributed by atoms with van der Waals surface area (Å²) in [6.45, 7) is 8.19. The Morgan fingerprint density at radius 2 is 2.20 bits per heavy atom. The number of aromatic nitrogens is 1. The smallest absolute Gasteiger partial charge is 0.231 e. The maximum absolute atomic E-state index is 11.1. The Morgan fingerprint density at radius 1 is 1.53 bits per heavy atom. The van der Waals surface area contributed by atoms with Gasteiger partial charge in [-0.05, 0) is 11.8 Å².